The van der Waals surface area contributed by atoms with Gasteiger partial charge >= 0.3 is 147 Å². The molecule has 0 rings (SSSR count). The summed E-state index contributed by atoms with van der Waals surface area (Å²) in [5.41, 5.74) is 0. The Balaban J connectivity index is 5.19. The number of amides is 1. The van der Waals surface area contributed by atoms with Crippen molar-refractivity contribution in [1.29, 1.82) is 0 Å². The van der Waals surface area contributed by atoms with E-state index in [1.54, 1.807) is 0 Å². The second kappa shape index (κ2) is 11.6. The molecule has 0 bridgehead atoms. The van der Waals surface area contributed by atoms with Crippen LogP contribution in [-0.2, 0) is 4.79 Å². The van der Waals surface area contributed by atoms with Gasteiger partial charge in [0.1, 0.15) is 0 Å². The van der Waals surface area contributed by atoms with Crippen LogP contribution in [0.2, 0.25) is 0 Å². The zero-order valence-electron chi connectivity index (χ0n) is 15.8. The minimum absolute atomic E-state index is 0.0171. The molecule has 0 aliphatic carbocycles. The van der Waals surface area contributed by atoms with Gasteiger partial charge in [-0.2, -0.15) is 0 Å². The Morgan fingerprint density at radius 2 is 1.83 bits per heavy atom. The molecule has 0 radical (unpaired) electrons. The summed E-state index contributed by atoms with van der Waals surface area (Å²) in [5.74, 6) is -0.0171. The SMILES string of the molecule is CCC[I-](C)([C@H](C)CC)[C@H](C(=O)NCCN(O)CC)[C@@H](O)CC. The molecule has 5 nitrogen and oxygen atoms in total. The van der Waals surface area contributed by atoms with Gasteiger partial charge in [-0.25, -0.2) is 0 Å². The minimum atomic E-state index is -2.46. The number of rotatable bonds is 12. The van der Waals surface area contributed by atoms with Crippen molar-refractivity contribution in [3.8, 4) is 0 Å². The number of likely N-dealkylation sites (N-methyl/N-ethyl adjacent to an activating group) is 1. The first-order chi connectivity index (χ1) is 10.8. The van der Waals surface area contributed by atoms with Crippen molar-refractivity contribution in [2.24, 2.45) is 0 Å². The number of nitrogens with zero attached hydrogens (tertiary/aromatic N) is 1. The number of hydrogen-bond donors (Lipinski definition) is 3. The van der Waals surface area contributed by atoms with Gasteiger partial charge < -0.3 is 0 Å². The average Bonchev–Trinajstić information content (AvgIpc) is 2.53. The fourth-order valence-corrected chi connectivity index (χ4v) is 14.1. The molecule has 6 heteroatoms. The fourth-order valence-electron chi connectivity index (χ4n) is 2.80. The summed E-state index contributed by atoms with van der Waals surface area (Å²) in [6, 6.07) is 0. The molecule has 0 aromatic heterocycles. The number of hydrogen-bond acceptors (Lipinski definition) is 4. The van der Waals surface area contributed by atoms with E-state index >= 15 is 0 Å². The van der Waals surface area contributed by atoms with Gasteiger partial charge in [0.15, 0.2) is 0 Å². The summed E-state index contributed by atoms with van der Waals surface area (Å²) in [5, 5.41) is 24.2. The molecule has 23 heavy (non-hydrogen) atoms. The van der Waals surface area contributed by atoms with Gasteiger partial charge in [-0.1, -0.05) is 0 Å². The summed E-state index contributed by atoms with van der Waals surface area (Å²) in [7, 11) is 0. The van der Waals surface area contributed by atoms with Crippen molar-refractivity contribution in [3.05, 3.63) is 0 Å². The molecule has 0 heterocycles. The number of carbonyl (C=O) groups is 1. The second-order valence-corrected chi connectivity index (χ2v) is 17.3. The van der Waals surface area contributed by atoms with E-state index in [0.29, 0.717) is 30.0 Å². The Labute approximate surface area is 146 Å². The number of alkyl halides is 4. The number of carbonyl (C=O) groups excluding carboxylic acids is 1. The van der Waals surface area contributed by atoms with Gasteiger partial charge in [-0.05, 0) is 0 Å². The Morgan fingerprint density at radius 1 is 1.22 bits per heavy atom. The van der Waals surface area contributed by atoms with Crippen LogP contribution in [-0.4, -0.2) is 64.2 Å². The van der Waals surface area contributed by atoms with Crippen LogP contribution in [0.15, 0.2) is 0 Å². The van der Waals surface area contributed by atoms with Crippen molar-refractivity contribution in [2.45, 2.75) is 67.8 Å². The van der Waals surface area contributed by atoms with Crippen molar-refractivity contribution < 1.29 is 33.5 Å². The van der Waals surface area contributed by atoms with Crippen LogP contribution >= 0.6 is 0 Å². The molecule has 3 N–H and O–H groups in total. The Morgan fingerprint density at radius 3 is 2.26 bits per heavy atom. The number of hydroxylamine groups is 2. The average molecular weight is 445 g/mol. The van der Waals surface area contributed by atoms with E-state index < -0.39 is 24.5 Å². The van der Waals surface area contributed by atoms with Crippen LogP contribution in [0, 0.1) is 0 Å². The van der Waals surface area contributed by atoms with Gasteiger partial charge in [-0.3, -0.25) is 0 Å². The van der Waals surface area contributed by atoms with Gasteiger partial charge in [0.25, 0.3) is 0 Å². The van der Waals surface area contributed by atoms with Gasteiger partial charge in [0.2, 0.25) is 0 Å². The summed E-state index contributed by atoms with van der Waals surface area (Å²) in [4.78, 5) is 15.1. The second-order valence-electron chi connectivity index (χ2n) is 6.23. The summed E-state index contributed by atoms with van der Waals surface area (Å²) in [6.07, 6.45) is 2.18. The van der Waals surface area contributed by atoms with Crippen molar-refractivity contribution in [2.75, 3.05) is 29.0 Å². The Hall–Kier alpha value is 0.0800. The Bertz CT molecular complexity index is 344. The number of halogens is 1. The molecule has 0 aromatic carbocycles. The van der Waals surface area contributed by atoms with E-state index in [-0.39, 0.29) is 9.83 Å². The Kier molecular flexibility index (Phi) is 11.6. The molecule has 142 valence electrons. The first-order valence-corrected chi connectivity index (χ1v) is 15.0. The third-order valence-corrected chi connectivity index (χ3v) is 18.2. The first kappa shape index (κ1) is 23.1. The number of aliphatic hydroxyl groups is 1. The molecule has 0 fully saturated rings. The predicted molar refractivity (Wildman–Crippen MR) is 93.0 cm³/mol. The third kappa shape index (κ3) is 6.84. The molecule has 0 aromatic rings. The van der Waals surface area contributed by atoms with E-state index in [2.05, 4.69) is 31.0 Å². The molecular formula is C17H38IN2O3-. The normalized spacial score (nSPS) is 19.7. The maximum atomic E-state index is 12.8. The van der Waals surface area contributed by atoms with E-state index in [9.17, 15) is 15.1 Å². The first-order valence-electron chi connectivity index (χ1n) is 8.82. The van der Waals surface area contributed by atoms with Crippen LogP contribution in [0.5, 0.6) is 0 Å². The van der Waals surface area contributed by atoms with Gasteiger partial charge in [-0.15, -0.1) is 0 Å². The van der Waals surface area contributed by atoms with E-state index in [0.717, 1.165) is 17.3 Å². The molecular weight excluding hydrogens is 407 g/mol. The summed E-state index contributed by atoms with van der Waals surface area (Å²) >= 11 is -2.46. The van der Waals surface area contributed by atoms with Crippen LogP contribution in [0.4, 0.5) is 0 Å². The molecule has 4 atom stereocenters. The molecule has 0 saturated heterocycles. The van der Waals surface area contributed by atoms with E-state index in [1.165, 1.54) is 5.06 Å². The van der Waals surface area contributed by atoms with Crippen molar-refractivity contribution in [3.63, 3.8) is 0 Å². The fraction of sp³-hybridized carbons (Fsp3) is 0.941. The zero-order valence-corrected chi connectivity index (χ0v) is 18.0. The molecule has 1 unspecified atom stereocenters. The standard InChI is InChI=1S/C17H38IN2O3/c1-7-11-18(6,14(5)8-2)16(15(21)9-3)17(22)19-12-13-20(23)10-4/h14-16,21,23H,7-13H2,1-6H3,(H,19,22)/q-1/t14-,15+,16+/m1/s1. The summed E-state index contributed by atoms with van der Waals surface area (Å²) < 4.78 is 1.39. The van der Waals surface area contributed by atoms with E-state index in [1.807, 2.05) is 13.8 Å². The molecule has 0 saturated carbocycles. The molecule has 1 amide bonds. The van der Waals surface area contributed by atoms with Crippen molar-refractivity contribution >= 4 is 5.91 Å². The van der Waals surface area contributed by atoms with Crippen LogP contribution in [0.3, 0.4) is 0 Å². The van der Waals surface area contributed by atoms with Crippen LogP contribution in [0.1, 0.15) is 53.9 Å². The number of aliphatic hydroxyl groups excluding tert-OH is 1. The van der Waals surface area contributed by atoms with Crippen molar-refractivity contribution in [1.82, 2.24) is 10.4 Å². The zero-order chi connectivity index (χ0) is 18.0. The summed E-state index contributed by atoms with van der Waals surface area (Å²) in [6.45, 7) is 11.8. The van der Waals surface area contributed by atoms with Crippen LogP contribution in [0.25, 0.3) is 0 Å². The predicted octanol–water partition coefficient (Wildman–Crippen LogP) is -1.05. The third-order valence-electron chi connectivity index (χ3n) is 4.59. The van der Waals surface area contributed by atoms with Crippen LogP contribution < -0.4 is 23.8 Å². The molecule has 0 aliphatic rings. The van der Waals surface area contributed by atoms with E-state index in [4.69, 9.17) is 0 Å². The van der Waals surface area contributed by atoms with Gasteiger partial charge in [0.05, 0.1) is 0 Å². The molecule has 0 spiro atoms. The maximum absolute atomic E-state index is 12.8. The topological polar surface area (TPSA) is 72.8 Å². The number of nitrogens with one attached hydrogen (secondary N) is 1. The quantitative estimate of drug-likeness (QED) is 0.204. The monoisotopic (exact) mass is 445 g/mol. The molecule has 0 aliphatic heterocycles. The van der Waals surface area contributed by atoms with Gasteiger partial charge in [0, 0.05) is 0 Å².